The van der Waals surface area contributed by atoms with Gasteiger partial charge in [0.05, 0.1) is 9.82 Å². The average Bonchev–Trinajstić information content (AvgIpc) is 2.45. The van der Waals surface area contributed by atoms with Gasteiger partial charge in [-0.15, -0.1) is 0 Å². The third kappa shape index (κ3) is 3.51. The zero-order valence-corrected chi connectivity index (χ0v) is 12.9. The second-order valence-electron chi connectivity index (χ2n) is 5.29. The predicted octanol–water partition coefficient (Wildman–Crippen LogP) is 1.19. The average molecular weight is 313 g/mol. The summed E-state index contributed by atoms with van der Waals surface area (Å²) in [6, 6.07) is 4.24. The van der Waals surface area contributed by atoms with Gasteiger partial charge in [0.25, 0.3) is 5.69 Å². The van der Waals surface area contributed by atoms with Crippen LogP contribution in [0.3, 0.4) is 0 Å². The number of nitrogens with one attached hydrogen (secondary N) is 1. The largest absolute Gasteiger partial charge is 0.365 e. The minimum Gasteiger partial charge on any atom is -0.365 e. The lowest BCUT2D eigenvalue weighted by Gasteiger charge is -2.33. The Morgan fingerprint density at radius 1 is 1.43 bits per heavy atom. The van der Waals surface area contributed by atoms with Crippen molar-refractivity contribution in [2.24, 2.45) is 0 Å². The highest BCUT2D eigenvalue weighted by Crippen LogP contribution is 2.32. The highest BCUT2D eigenvalue weighted by atomic mass is 32.2. The number of benzene rings is 1. The third-order valence-electron chi connectivity index (χ3n) is 3.77. The molecule has 8 heteroatoms. The molecule has 116 valence electrons. The first-order valence-electron chi connectivity index (χ1n) is 6.73. The first kappa shape index (κ1) is 15.7. The second-order valence-corrected chi connectivity index (χ2v) is 7.31. The number of nitro groups is 1. The van der Waals surface area contributed by atoms with Gasteiger partial charge in [0.2, 0.25) is 0 Å². The van der Waals surface area contributed by atoms with E-state index >= 15 is 0 Å². The van der Waals surface area contributed by atoms with E-state index < -0.39 is 14.8 Å². The zero-order chi connectivity index (χ0) is 15.6. The maximum atomic E-state index is 11.5. The number of anilines is 1. The Morgan fingerprint density at radius 2 is 2.14 bits per heavy atom. The first-order valence-corrected chi connectivity index (χ1v) is 8.62. The molecule has 7 nitrogen and oxygen atoms in total. The standard InChI is InChI=1S/C13H19N3O4S/c1-15(10-4-3-7-14-9-10)12-6-5-11(21(2,19)20)8-13(12)16(17)18/h5-6,8,10,14H,3-4,7,9H2,1-2H3. The van der Waals surface area contributed by atoms with E-state index in [1.54, 1.807) is 7.05 Å². The Labute approximate surface area is 124 Å². The summed E-state index contributed by atoms with van der Waals surface area (Å²) < 4.78 is 23.1. The summed E-state index contributed by atoms with van der Waals surface area (Å²) in [5.41, 5.74) is 0.270. The predicted molar refractivity (Wildman–Crippen MR) is 80.5 cm³/mol. The molecule has 0 aliphatic carbocycles. The van der Waals surface area contributed by atoms with Crippen LogP contribution in [-0.2, 0) is 9.84 Å². The van der Waals surface area contributed by atoms with E-state index in [1.165, 1.54) is 12.1 Å². The Bertz CT molecular complexity index is 639. The van der Waals surface area contributed by atoms with Crippen molar-refractivity contribution in [2.45, 2.75) is 23.8 Å². The summed E-state index contributed by atoms with van der Waals surface area (Å²) in [5.74, 6) is 0. The summed E-state index contributed by atoms with van der Waals surface area (Å²) in [6.07, 6.45) is 3.01. The van der Waals surface area contributed by atoms with Crippen molar-refractivity contribution in [1.29, 1.82) is 0 Å². The highest BCUT2D eigenvalue weighted by Gasteiger charge is 2.25. The number of nitrogens with zero attached hydrogens (tertiary/aromatic N) is 2. The van der Waals surface area contributed by atoms with Gasteiger partial charge >= 0.3 is 0 Å². The molecule has 1 aliphatic rings. The van der Waals surface area contributed by atoms with Gasteiger partial charge in [-0.25, -0.2) is 8.42 Å². The number of likely N-dealkylation sites (N-methyl/N-ethyl adjacent to an activating group) is 1. The van der Waals surface area contributed by atoms with Crippen molar-refractivity contribution in [3.63, 3.8) is 0 Å². The molecule has 2 rings (SSSR count). The number of hydrogen-bond acceptors (Lipinski definition) is 6. The normalized spacial score (nSPS) is 19.2. The van der Waals surface area contributed by atoms with Crippen LogP contribution in [0.25, 0.3) is 0 Å². The Morgan fingerprint density at radius 3 is 2.67 bits per heavy atom. The quantitative estimate of drug-likeness (QED) is 0.663. The highest BCUT2D eigenvalue weighted by molar-refractivity contribution is 7.90. The minimum atomic E-state index is -3.46. The number of piperidine rings is 1. The summed E-state index contributed by atoms with van der Waals surface area (Å²) >= 11 is 0. The number of rotatable bonds is 4. The SMILES string of the molecule is CN(c1ccc(S(C)(=O)=O)cc1[N+](=O)[O-])C1CCCNC1. The zero-order valence-electron chi connectivity index (χ0n) is 12.1. The third-order valence-corrected chi connectivity index (χ3v) is 4.88. The fraction of sp³-hybridized carbons (Fsp3) is 0.538. The Kier molecular flexibility index (Phi) is 4.48. The van der Waals surface area contributed by atoms with Gasteiger partial charge in [-0.2, -0.15) is 0 Å². The summed E-state index contributed by atoms with van der Waals surface area (Å²) in [7, 11) is -1.66. The molecule has 1 heterocycles. The maximum absolute atomic E-state index is 11.5. The van der Waals surface area contributed by atoms with Crippen molar-refractivity contribution in [2.75, 3.05) is 31.3 Å². The summed E-state index contributed by atoms with van der Waals surface area (Å²) in [5, 5.41) is 14.5. The molecule has 0 saturated carbocycles. The van der Waals surface area contributed by atoms with Crippen LogP contribution in [0.1, 0.15) is 12.8 Å². The van der Waals surface area contributed by atoms with Crippen LogP contribution in [0, 0.1) is 10.1 Å². The molecule has 21 heavy (non-hydrogen) atoms. The first-order chi connectivity index (χ1) is 9.80. The molecule has 0 spiro atoms. The number of nitro benzene ring substituents is 1. The van der Waals surface area contributed by atoms with E-state index in [0.29, 0.717) is 5.69 Å². The second kappa shape index (κ2) is 5.98. The fourth-order valence-electron chi connectivity index (χ4n) is 2.54. The molecule has 1 N–H and O–H groups in total. The van der Waals surface area contributed by atoms with Gasteiger partial charge in [-0.1, -0.05) is 0 Å². The fourth-order valence-corrected chi connectivity index (χ4v) is 3.18. The number of hydrogen-bond donors (Lipinski definition) is 1. The molecule has 1 saturated heterocycles. The van der Waals surface area contributed by atoms with Gasteiger partial charge in [-0.05, 0) is 31.5 Å². The number of sulfone groups is 1. The van der Waals surface area contributed by atoms with Crippen LogP contribution >= 0.6 is 0 Å². The molecule has 0 aromatic heterocycles. The molecule has 1 atom stereocenters. The molecule has 1 unspecified atom stereocenters. The van der Waals surface area contributed by atoms with Gasteiger partial charge in [0.15, 0.2) is 9.84 Å². The van der Waals surface area contributed by atoms with Gasteiger partial charge in [0.1, 0.15) is 5.69 Å². The van der Waals surface area contributed by atoms with E-state index in [9.17, 15) is 18.5 Å². The monoisotopic (exact) mass is 313 g/mol. The molecule has 1 aromatic carbocycles. The van der Waals surface area contributed by atoms with Crippen molar-refractivity contribution in [1.82, 2.24) is 5.32 Å². The Hall–Kier alpha value is -1.67. The molecular formula is C13H19N3O4S. The van der Waals surface area contributed by atoms with Crippen LogP contribution in [0.5, 0.6) is 0 Å². The van der Waals surface area contributed by atoms with Crippen molar-refractivity contribution >= 4 is 21.2 Å². The van der Waals surface area contributed by atoms with Crippen LogP contribution in [-0.4, -0.2) is 45.8 Å². The molecule has 1 fully saturated rings. The van der Waals surface area contributed by atoms with Crippen LogP contribution in [0.2, 0.25) is 0 Å². The van der Waals surface area contributed by atoms with Crippen LogP contribution < -0.4 is 10.2 Å². The minimum absolute atomic E-state index is 0.0341. The molecule has 0 amide bonds. The maximum Gasteiger partial charge on any atom is 0.293 e. The van der Waals surface area contributed by atoms with Crippen LogP contribution in [0.15, 0.2) is 23.1 Å². The summed E-state index contributed by atoms with van der Waals surface area (Å²) in [6.45, 7) is 1.72. The lowest BCUT2D eigenvalue weighted by molar-refractivity contribution is -0.384. The van der Waals surface area contributed by atoms with Crippen LogP contribution in [0.4, 0.5) is 11.4 Å². The smallest absolute Gasteiger partial charge is 0.293 e. The summed E-state index contributed by atoms with van der Waals surface area (Å²) in [4.78, 5) is 12.5. The van der Waals surface area contributed by atoms with E-state index in [2.05, 4.69) is 5.32 Å². The van der Waals surface area contributed by atoms with Gasteiger partial charge in [0, 0.05) is 32.0 Å². The molecular weight excluding hydrogens is 294 g/mol. The van der Waals surface area contributed by atoms with E-state index in [4.69, 9.17) is 0 Å². The molecule has 1 aliphatic heterocycles. The van der Waals surface area contributed by atoms with Crippen molar-refractivity contribution in [3.8, 4) is 0 Å². The van der Waals surface area contributed by atoms with Crippen molar-refractivity contribution in [3.05, 3.63) is 28.3 Å². The molecule has 0 radical (unpaired) electrons. The molecule has 1 aromatic rings. The topological polar surface area (TPSA) is 92.5 Å². The van der Waals surface area contributed by atoms with E-state index in [-0.39, 0.29) is 16.6 Å². The van der Waals surface area contributed by atoms with Crippen molar-refractivity contribution < 1.29 is 13.3 Å². The van der Waals surface area contributed by atoms with E-state index in [0.717, 1.165) is 38.3 Å². The van der Waals surface area contributed by atoms with Gasteiger partial charge < -0.3 is 10.2 Å². The lowest BCUT2D eigenvalue weighted by Crippen LogP contribution is -2.44. The van der Waals surface area contributed by atoms with E-state index in [1.807, 2.05) is 4.90 Å². The van der Waals surface area contributed by atoms with Gasteiger partial charge in [-0.3, -0.25) is 10.1 Å². The Balaban J connectivity index is 2.40. The lowest BCUT2D eigenvalue weighted by atomic mass is 10.1. The molecule has 0 bridgehead atoms.